The molecule has 3 rings (SSSR count). The van der Waals surface area contributed by atoms with E-state index < -0.39 is 0 Å². The van der Waals surface area contributed by atoms with Gasteiger partial charge < -0.3 is 9.69 Å². The molecular formula is C18H21NO. The van der Waals surface area contributed by atoms with Crippen LogP contribution >= 0.6 is 0 Å². The molecular weight excluding hydrogens is 246 g/mol. The van der Waals surface area contributed by atoms with Gasteiger partial charge in [0.1, 0.15) is 6.79 Å². The van der Waals surface area contributed by atoms with Gasteiger partial charge in [-0.2, -0.15) is 0 Å². The molecule has 0 saturated carbocycles. The van der Waals surface area contributed by atoms with E-state index in [4.69, 9.17) is 4.79 Å². The second-order valence-corrected chi connectivity index (χ2v) is 5.07. The van der Waals surface area contributed by atoms with E-state index in [2.05, 4.69) is 60.4 Å². The van der Waals surface area contributed by atoms with Gasteiger partial charge in [-0.3, -0.25) is 0 Å². The van der Waals surface area contributed by atoms with Crippen molar-refractivity contribution >= 4 is 12.5 Å². The minimum Gasteiger partial charge on any atom is -0.342 e. The summed E-state index contributed by atoms with van der Waals surface area (Å²) in [5.41, 5.74) is 5.69. The molecule has 0 radical (unpaired) electrons. The maximum absolute atomic E-state index is 8.00. The number of nitrogens with zero attached hydrogens (tertiary/aromatic N) is 1. The highest BCUT2D eigenvalue weighted by Gasteiger charge is 2.19. The van der Waals surface area contributed by atoms with E-state index in [1.165, 1.54) is 29.8 Å². The highest BCUT2D eigenvalue weighted by Crippen LogP contribution is 2.32. The Bertz CT molecular complexity index is 540. The van der Waals surface area contributed by atoms with Crippen LogP contribution in [-0.2, 0) is 4.79 Å². The van der Waals surface area contributed by atoms with Gasteiger partial charge in [0.2, 0.25) is 0 Å². The van der Waals surface area contributed by atoms with Crippen molar-refractivity contribution in [2.24, 2.45) is 0 Å². The first kappa shape index (κ1) is 14.3. The first-order chi connectivity index (χ1) is 9.84. The number of para-hydroxylation sites is 1. The fourth-order valence-electron chi connectivity index (χ4n) is 2.74. The molecule has 0 atom stereocenters. The molecule has 1 aromatic carbocycles. The Hall–Kier alpha value is -2.09. The molecule has 104 valence electrons. The van der Waals surface area contributed by atoms with Crippen molar-refractivity contribution in [1.82, 2.24) is 0 Å². The number of carbonyl (C=O) groups is 1. The van der Waals surface area contributed by atoms with E-state index in [1.807, 2.05) is 6.79 Å². The maximum atomic E-state index is 8.00. The average Bonchev–Trinajstić information content (AvgIpc) is 2.72. The monoisotopic (exact) mass is 267 g/mol. The summed E-state index contributed by atoms with van der Waals surface area (Å²) in [5.74, 6) is 0. The van der Waals surface area contributed by atoms with Gasteiger partial charge in [0.15, 0.2) is 0 Å². The van der Waals surface area contributed by atoms with Crippen LogP contribution < -0.4 is 4.90 Å². The fraction of sp³-hybridized carbons (Fsp3) is 0.278. The second kappa shape index (κ2) is 6.90. The summed E-state index contributed by atoms with van der Waals surface area (Å²) < 4.78 is 0. The van der Waals surface area contributed by atoms with Crippen LogP contribution in [0.2, 0.25) is 0 Å². The summed E-state index contributed by atoms with van der Waals surface area (Å²) in [4.78, 5) is 10.5. The zero-order valence-electron chi connectivity index (χ0n) is 12.0. The molecule has 0 bridgehead atoms. The van der Waals surface area contributed by atoms with Crippen molar-refractivity contribution in [1.29, 1.82) is 0 Å². The number of carbonyl (C=O) groups excluding carboxylic acids is 1. The van der Waals surface area contributed by atoms with Crippen LogP contribution in [-0.4, -0.2) is 13.3 Å². The van der Waals surface area contributed by atoms with Crippen molar-refractivity contribution < 1.29 is 4.79 Å². The maximum Gasteiger partial charge on any atom is 0.106 e. The zero-order chi connectivity index (χ0) is 14.4. The molecule has 1 aliphatic heterocycles. The van der Waals surface area contributed by atoms with Crippen LogP contribution in [0.4, 0.5) is 5.69 Å². The largest absolute Gasteiger partial charge is 0.342 e. The Morgan fingerprint density at radius 3 is 2.60 bits per heavy atom. The van der Waals surface area contributed by atoms with Gasteiger partial charge in [-0.25, -0.2) is 0 Å². The van der Waals surface area contributed by atoms with Crippen molar-refractivity contribution in [3.8, 4) is 0 Å². The van der Waals surface area contributed by atoms with E-state index in [9.17, 15) is 0 Å². The Labute approximate surface area is 121 Å². The molecule has 2 aliphatic rings. The van der Waals surface area contributed by atoms with Gasteiger partial charge in [-0.05, 0) is 50.0 Å². The van der Waals surface area contributed by atoms with Crippen molar-refractivity contribution in [2.75, 3.05) is 11.4 Å². The predicted molar refractivity (Wildman–Crippen MR) is 84.7 cm³/mol. The number of rotatable bonds is 1. The first-order valence-electron chi connectivity index (χ1n) is 7.03. The van der Waals surface area contributed by atoms with Crippen LogP contribution in [0.1, 0.15) is 26.2 Å². The molecule has 0 amide bonds. The standard InChI is InChI=1S/C17H19N.CH2O/c1-14-9-11-15-6-5-13-18(17(15)12-10-14)16-7-3-2-4-8-16;1-2/h2-4,7-10,12H,5-6,11,13H2,1H3;1H2. The lowest BCUT2D eigenvalue weighted by Gasteiger charge is -2.32. The van der Waals surface area contributed by atoms with Crippen molar-refractivity contribution in [2.45, 2.75) is 26.2 Å². The van der Waals surface area contributed by atoms with Gasteiger partial charge in [0, 0.05) is 17.9 Å². The molecule has 0 fully saturated rings. The quantitative estimate of drug-likeness (QED) is 0.757. The van der Waals surface area contributed by atoms with E-state index >= 15 is 0 Å². The molecule has 2 nitrogen and oxygen atoms in total. The van der Waals surface area contributed by atoms with E-state index in [0.717, 1.165) is 13.0 Å². The van der Waals surface area contributed by atoms with Crippen LogP contribution in [0, 0.1) is 0 Å². The summed E-state index contributed by atoms with van der Waals surface area (Å²) >= 11 is 0. The lowest BCUT2D eigenvalue weighted by molar-refractivity contribution is -0.0979. The zero-order valence-corrected chi connectivity index (χ0v) is 12.0. The van der Waals surface area contributed by atoms with Gasteiger partial charge in [-0.1, -0.05) is 35.9 Å². The molecule has 1 aliphatic carbocycles. The van der Waals surface area contributed by atoms with Crippen LogP contribution in [0.15, 0.2) is 65.4 Å². The molecule has 20 heavy (non-hydrogen) atoms. The smallest absolute Gasteiger partial charge is 0.106 e. The second-order valence-electron chi connectivity index (χ2n) is 5.07. The number of hydrogen-bond acceptors (Lipinski definition) is 2. The SMILES string of the molecule is C=O.CC1=CCC2=C(C=C1)N(c1ccccc1)CCC2. The summed E-state index contributed by atoms with van der Waals surface area (Å²) in [5, 5.41) is 0. The lowest BCUT2D eigenvalue weighted by atomic mass is 9.99. The third kappa shape index (κ3) is 3.08. The third-order valence-corrected chi connectivity index (χ3v) is 3.76. The average molecular weight is 267 g/mol. The molecule has 0 spiro atoms. The molecule has 1 aromatic rings. The molecule has 0 N–H and O–H groups in total. The highest BCUT2D eigenvalue weighted by molar-refractivity contribution is 5.58. The lowest BCUT2D eigenvalue weighted by Crippen LogP contribution is -2.27. The number of allylic oxidation sites excluding steroid dienone is 5. The Morgan fingerprint density at radius 2 is 1.85 bits per heavy atom. The van der Waals surface area contributed by atoms with Crippen LogP contribution in [0.25, 0.3) is 0 Å². The van der Waals surface area contributed by atoms with E-state index in [1.54, 1.807) is 5.57 Å². The van der Waals surface area contributed by atoms with E-state index in [0.29, 0.717) is 0 Å². The van der Waals surface area contributed by atoms with Crippen LogP contribution in [0.5, 0.6) is 0 Å². The third-order valence-electron chi connectivity index (χ3n) is 3.76. The molecule has 0 unspecified atom stereocenters. The van der Waals surface area contributed by atoms with Crippen molar-refractivity contribution in [3.05, 3.63) is 65.4 Å². The van der Waals surface area contributed by atoms with Crippen molar-refractivity contribution in [3.63, 3.8) is 0 Å². The number of hydrogen-bond donors (Lipinski definition) is 0. The fourth-order valence-corrected chi connectivity index (χ4v) is 2.74. The summed E-state index contributed by atoms with van der Waals surface area (Å²) in [6, 6.07) is 10.7. The van der Waals surface area contributed by atoms with Gasteiger partial charge in [-0.15, -0.1) is 0 Å². The Kier molecular flexibility index (Phi) is 4.94. The Balaban J connectivity index is 0.000000704. The predicted octanol–water partition coefficient (Wildman–Crippen LogP) is 4.26. The molecule has 1 heterocycles. The first-order valence-corrected chi connectivity index (χ1v) is 7.03. The summed E-state index contributed by atoms with van der Waals surface area (Å²) in [6.45, 7) is 5.31. The molecule has 2 heteroatoms. The number of benzene rings is 1. The molecule has 0 aromatic heterocycles. The highest BCUT2D eigenvalue weighted by atomic mass is 16.1. The van der Waals surface area contributed by atoms with Gasteiger partial charge in [0.05, 0.1) is 0 Å². The number of anilines is 1. The van der Waals surface area contributed by atoms with Gasteiger partial charge >= 0.3 is 0 Å². The van der Waals surface area contributed by atoms with Gasteiger partial charge in [0.25, 0.3) is 0 Å². The van der Waals surface area contributed by atoms with Crippen LogP contribution in [0.3, 0.4) is 0 Å². The molecule has 0 saturated heterocycles. The summed E-state index contributed by atoms with van der Waals surface area (Å²) in [7, 11) is 0. The van der Waals surface area contributed by atoms with E-state index in [-0.39, 0.29) is 0 Å². The Morgan fingerprint density at radius 1 is 1.10 bits per heavy atom. The normalized spacial score (nSPS) is 17.6. The minimum atomic E-state index is 1.11. The summed E-state index contributed by atoms with van der Waals surface area (Å²) in [6.07, 6.45) is 10.5. The minimum absolute atomic E-state index is 1.11. The topological polar surface area (TPSA) is 20.3 Å².